The zero-order valence-corrected chi connectivity index (χ0v) is 17.7. The molecule has 3 aromatic carbocycles. The summed E-state index contributed by atoms with van der Waals surface area (Å²) in [5.74, 6) is 0. The van der Waals surface area contributed by atoms with Crippen LogP contribution in [0.4, 0.5) is 0 Å². The second-order valence-electron chi connectivity index (χ2n) is 6.49. The van der Waals surface area contributed by atoms with E-state index in [2.05, 4.69) is 96.0 Å². The van der Waals surface area contributed by atoms with Crippen LogP contribution >= 0.6 is 18.9 Å². The van der Waals surface area contributed by atoms with Crippen molar-refractivity contribution in [2.45, 2.75) is 6.16 Å². The van der Waals surface area contributed by atoms with Crippen molar-refractivity contribution in [2.24, 2.45) is 0 Å². The van der Waals surface area contributed by atoms with E-state index in [0.29, 0.717) is 5.02 Å². The summed E-state index contributed by atoms with van der Waals surface area (Å²) in [7, 11) is -1.89. The van der Waals surface area contributed by atoms with Gasteiger partial charge in [-0.2, -0.15) is 0 Å². The predicted octanol–water partition coefficient (Wildman–Crippen LogP) is 2.23. The quantitative estimate of drug-likeness (QED) is 0.448. The average Bonchev–Trinajstić information content (AvgIpc) is 2.74. The van der Waals surface area contributed by atoms with Crippen LogP contribution in [-0.4, -0.2) is 4.98 Å². The second-order valence-corrected chi connectivity index (χ2v) is 10.4. The first-order valence-corrected chi connectivity index (χ1v) is 11.3. The van der Waals surface area contributed by atoms with Gasteiger partial charge in [-0.15, -0.1) is 0 Å². The largest absolute Gasteiger partial charge is 1.00 e. The lowest BCUT2D eigenvalue weighted by molar-refractivity contribution is -0.00000521. The molecule has 0 spiro atoms. The molecule has 0 aliphatic rings. The molecule has 4 heteroatoms. The number of nitrogens with zero attached hydrogens (tertiary/aromatic N) is 1. The summed E-state index contributed by atoms with van der Waals surface area (Å²) >= 11 is 6.26. The number of hydrogen-bond donors (Lipinski definition) is 0. The van der Waals surface area contributed by atoms with E-state index in [0.717, 1.165) is 11.7 Å². The summed E-state index contributed by atoms with van der Waals surface area (Å²) in [6.45, 7) is 0. The van der Waals surface area contributed by atoms with Crippen LogP contribution in [0.2, 0.25) is 5.02 Å². The van der Waals surface area contributed by atoms with Gasteiger partial charge in [0.2, 0.25) is 0 Å². The number of pyridine rings is 1. The van der Waals surface area contributed by atoms with Gasteiger partial charge < -0.3 is 12.4 Å². The van der Waals surface area contributed by atoms with Crippen molar-refractivity contribution < 1.29 is 12.4 Å². The molecule has 0 unspecified atom stereocenters. The van der Waals surface area contributed by atoms with Crippen LogP contribution in [0, 0.1) is 0 Å². The van der Waals surface area contributed by atoms with E-state index in [1.807, 2.05) is 12.3 Å². The van der Waals surface area contributed by atoms with Gasteiger partial charge >= 0.3 is 0 Å². The molecule has 4 aromatic rings. The molecular weight excluding hydrogens is 404 g/mol. The van der Waals surface area contributed by atoms with Gasteiger partial charge in [-0.05, 0) is 42.5 Å². The molecule has 0 amide bonds. The molecule has 0 saturated heterocycles. The van der Waals surface area contributed by atoms with Crippen molar-refractivity contribution in [3.8, 4) is 0 Å². The van der Waals surface area contributed by atoms with E-state index in [1.165, 1.54) is 15.9 Å². The second kappa shape index (κ2) is 9.34. The molecule has 0 radical (unpaired) electrons. The first-order valence-electron chi connectivity index (χ1n) is 8.93. The van der Waals surface area contributed by atoms with Gasteiger partial charge in [0.1, 0.15) is 29.3 Å². The van der Waals surface area contributed by atoms with Crippen LogP contribution in [0.15, 0.2) is 109 Å². The van der Waals surface area contributed by atoms with Crippen LogP contribution in [-0.2, 0) is 6.16 Å². The van der Waals surface area contributed by atoms with Crippen LogP contribution in [0.5, 0.6) is 0 Å². The lowest BCUT2D eigenvalue weighted by Gasteiger charge is -2.27. The summed E-state index contributed by atoms with van der Waals surface area (Å²) in [5.41, 5.74) is 1.16. The van der Waals surface area contributed by atoms with Gasteiger partial charge in [0.25, 0.3) is 0 Å². The third-order valence-electron chi connectivity index (χ3n) is 4.77. The topological polar surface area (TPSA) is 12.9 Å². The molecule has 0 aliphatic heterocycles. The van der Waals surface area contributed by atoms with E-state index < -0.39 is 7.26 Å². The molecule has 1 nitrogen and oxygen atoms in total. The summed E-state index contributed by atoms with van der Waals surface area (Å²) in [5, 5.41) is 4.77. The molecule has 0 fully saturated rings. The number of benzene rings is 3. The minimum Gasteiger partial charge on any atom is -1.00 e. The maximum atomic E-state index is 6.26. The fourth-order valence-corrected chi connectivity index (χ4v) is 7.99. The monoisotopic (exact) mass is 423 g/mol. The van der Waals surface area contributed by atoms with E-state index in [1.54, 1.807) is 6.20 Å². The SMILES string of the molecule is Clc1cncc(C[P+](c2ccccc2)(c2ccccc2)c2ccccc2)c1.[Cl-]. The molecule has 28 heavy (non-hydrogen) atoms. The van der Waals surface area contributed by atoms with Crippen molar-refractivity contribution in [1.82, 2.24) is 4.98 Å². The van der Waals surface area contributed by atoms with E-state index in [4.69, 9.17) is 11.6 Å². The van der Waals surface area contributed by atoms with Crippen LogP contribution in [0.3, 0.4) is 0 Å². The molecule has 0 saturated carbocycles. The Morgan fingerprint density at radius 2 is 1.07 bits per heavy atom. The molecule has 0 N–H and O–H groups in total. The van der Waals surface area contributed by atoms with Crippen molar-refractivity contribution in [3.63, 3.8) is 0 Å². The Balaban J connectivity index is 0.00000225. The number of halogens is 2. The molecule has 0 atom stereocenters. The highest BCUT2D eigenvalue weighted by Crippen LogP contribution is 2.58. The molecule has 1 aromatic heterocycles. The van der Waals surface area contributed by atoms with E-state index in [-0.39, 0.29) is 12.4 Å². The summed E-state index contributed by atoms with van der Waals surface area (Å²) in [6.07, 6.45) is 4.52. The summed E-state index contributed by atoms with van der Waals surface area (Å²) < 4.78 is 0. The van der Waals surface area contributed by atoms with Gasteiger partial charge in [0, 0.05) is 18.0 Å². The van der Waals surface area contributed by atoms with Gasteiger partial charge in [0.15, 0.2) is 0 Å². The molecular formula is C24H20Cl2NP. The van der Waals surface area contributed by atoms with Gasteiger partial charge in [-0.1, -0.05) is 66.2 Å². The summed E-state index contributed by atoms with van der Waals surface area (Å²) in [6, 6.07) is 34.6. The fourth-order valence-electron chi connectivity index (χ4n) is 3.58. The van der Waals surface area contributed by atoms with Crippen molar-refractivity contribution in [2.75, 3.05) is 0 Å². The zero-order valence-electron chi connectivity index (χ0n) is 15.2. The Bertz CT molecular complexity index is 912. The molecule has 140 valence electrons. The maximum absolute atomic E-state index is 6.26. The van der Waals surface area contributed by atoms with Gasteiger partial charge in [0.05, 0.1) is 5.02 Å². The fraction of sp³-hybridized carbons (Fsp3) is 0.0417. The van der Waals surface area contributed by atoms with Gasteiger partial charge in [-0.3, -0.25) is 4.98 Å². The van der Waals surface area contributed by atoms with Crippen LogP contribution < -0.4 is 28.3 Å². The highest BCUT2D eigenvalue weighted by Gasteiger charge is 2.45. The Labute approximate surface area is 178 Å². The standard InChI is InChI=1S/C24H20ClNP.ClH/c25-21-16-20(17-26-18-21)19-27(22-10-4-1-5-11-22,23-12-6-2-7-13-23)24-14-8-3-9-15-24;/h1-18H,19H2;1H/q+1;/p-1. The first-order chi connectivity index (χ1) is 13.3. The Hall–Kier alpha value is -2.18. The van der Waals surface area contributed by atoms with Crippen molar-refractivity contribution >= 4 is 34.8 Å². The third-order valence-corrected chi connectivity index (χ3v) is 9.36. The normalized spacial score (nSPS) is 10.9. The summed E-state index contributed by atoms with van der Waals surface area (Å²) in [4.78, 5) is 4.34. The van der Waals surface area contributed by atoms with E-state index in [9.17, 15) is 0 Å². The molecule has 0 bridgehead atoms. The number of rotatable bonds is 5. The van der Waals surface area contributed by atoms with E-state index >= 15 is 0 Å². The minimum absolute atomic E-state index is 0. The minimum atomic E-state index is -1.89. The predicted molar refractivity (Wildman–Crippen MR) is 118 cm³/mol. The Morgan fingerprint density at radius 1 is 0.643 bits per heavy atom. The smallest absolute Gasteiger partial charge is 0.116 e. The highest BCUT2D eigenvalue weighted by molar-refractivity contribution is 7.95. The lowest BCUT2D eigenvalue weighted by Crippen LogP contribution is -3.00. The first kappa shape index (κ1) is 20.6. The Kier molecular flexibility index (Phi) is 6.86. The number of aromatic nitrogens is 1. The average molecular weight is 424 g/mol. The maximum Gasteiger partial charge on any atom is 0.116 e. The van der Waals surface area contributed by atoms with Crippen molar-refractivity contribution in [3.05, 3.63) is 120 Å². The Morgan fingerprint density at radius 3 is 1.46 bits per heavy atom. The molecule has 0 aliphatic carbocycles. The highest BCUT2D eigenvalue weighted by atomic mass is 35.5. The molecule has 4 rings (SSSR count). The van der Waals surface area contributed by atoms with Gasteiger partial charge in [-0.25, -0.2) is 0 Å². The molecule has 1 heterocycles. The van der Waals surface area contributed by atoms with Crippen LogP contribution in [0.1, 0.15) is 5.56 Å². The number of hydrogen-bond acceptors (Lipinski definition) is 1. The lowest BCUT2D eigenvalue weighted by atomic mass is 10.3. The zero-order chi connectivity index (χ0) is 18.5. The van der Waals surface area contributed by atoms with Crippen molar-refractivity contribution in [1.29, 1.82) is 0 Å². The van der Waals surface area contributed by atoms with Crippen LogP contribution in [0.25, 0.3) is 0 Å². The third kappa shape index (κ3) is 4.13.